The van der Waals surface area contributed by atoms with E-state index >= 15 is 0 Å². The minimum atomic E-state index is -4.67. The quantitative estimate of drug-likeness (QED) is 0.708. The van der Waals surface area contributed by atoms with Crippen LogP contribution in [0.25, 0.3) is 0 Å². The Labute approximate surface area is 117 Å². The van der Waals surface area contributed by atoms with E-state index in [0.29, 0.717) is 6.42 Å². The van der Waals surface area contributed by atoms with Crippen molar-refractivity contribution in [3.05, 3.63) is 52.2 Å². The smallest absolute Gasteiger partial charge is 0.406 e. The average Bonchev–Trinajstić information content (AvgIpc) is 2.80. The van der Waals surface area contributed by atoms with Crippen LogP contribution in [0, 0.1) is 0 Å². The molecule has 1 nitrogen and oxygen atoms in total. The van der Waals surface area contributed by atoms with Crippen LogP contribution in [0.15, 0.2) is 41.8 Å². The number of rotatable bonds is 4. The van der Waals surface area contributed by atoms with Crippen LogP contribution in [0.5, 0.6) is 5.75 Å². The zero-order chi connectivity index (χ0) is 13.9. The number of halogens is 4. The largest absolute Gasteiger partial charge is 0.573 e. The highest BCUT2D eigenvalue weighted by Crippen LogP contribution is 2.29. The van der Waals surface area contributed by atoms with Gasteiger partial charge in [-0.15, -0.1) is 36.1 Å². The monoisotopic (exact) mass is 306 g/mol. The third-order valence-corrected chi connectivity index (χ3v) is 3.74. The van der Waals surface area contributed by atoms with E-state index in [0.717, 1.165) is 10.4 Å². The van der Waals surface area contributed by atoms with Gasteiger partial charge in [0, 0.05) is 11.3 Å². The van der Waals surface area contributed by atoms with Crippen LogP contribution in [0.2, 0.25) is 0 Å². The summed E-state index contributed by atoms with van der Waals surface area (Å²) in [7, 11) is 0. The first-order chi connectivity index (χ1) is 8.94. The molecular weight excluding hydrogens is 297 g/mol. The van der Waals surface area contributed by atoms with Gasteiger partial charge in [0.25, 0.3) is 0 Å². The number of hydrogen-bond donors (Lipinski definition) is 0. The fourth-order valence-electron chi connectivity index (χ4n) is 1.60. The predicted octanol–water partition coefficient (Wildman–Crippen LogP) is 5.17. The number of benzene rings is 1. The zero-order valence-electron chi connectivity index (χ0n) is 9.65. The third kappa shape index (κ3) is 4.44. The van der Waals surface area contributed by atoms with Gasteiger partial charge in [-0.25, -0.2) is 0 Å². The second kappa shape index (κ2) is 5.84. The molecule has 2 rings (SSSR count). The maximum Gasteiger partial charge on any atom is 0.573 e. The van der Waals surface area contributed by atoms with Gasteiger partial charge in [0.05, 0.1) is 5.38 Å². The summed E-state index contributed by atoms with van der Waals surface area (Å²) in [5.41, 5.74) is 0.768. The summed E-state index contributed by atoms with van der Waals surface area (Å²) in [5.74, 6) is -0.240. The Morgan fingerprint density at radius 2 is 1.84 bits per heavy atom. The summed E-state index contributed by atoms with van der Waals surface area (Å²) in [4.78, 5) is 1.13. The second-order valence-corrected chi connectivity index (χ2v) is 5.43. The summed E-state index contributed by atoms with van der Waals surface area (Å²) in [5, 5.41) is 1.69. The molecule has 0 spiro atoms. The molecule has 1 aromatic heterocycles. The normalized spacial score (nSPS) is 13.3. The molecule has 2 aromatic rings. The summed E-state index contributed by atoms with van der Waals surface area (Å²) >= 11 is 7.83. The minimum absolute atomic E-state index is 0.240. The van der Waals surface area contributed by atoms with E-state index < -0.39 is 6.36 Å². The lowest BCUT2D eigenvalue weighted by atomic mass is 10.1. The maximum atomic E-state index is 12.0. The zero-order valence-corrected chi connectivity index (χ0v) is 11.2. The van der Waals surface area contributed by atoms with Gasteiger partial charge in [-0.1, -0.05) is 18.2 Å². The van der Waals surface area contributed by atoms with Crippen LogP contribution in [0.1, 0.15) is 15.8 Å². The number of ether oxygens (including phenoxy) is 1. The van der Waals surface area contributed by atoms with E-state index in [9.17, 15) is 13.2 Å². The van der Waals surface area contributed by atoms with E-state index in [2.05, 4.69) is 4.74 Å². The van der Waals surface area contributed by atoms with Crippen molar-refractivity contribution >= 4 is 22.9 Å². The van der Waals surface area contributed by atoms with Gasteiger partial charge in [0.15, 0.2) is 0 Å². The molecular formula is C13H10ClF3OS. The fraction of sp³-hybridized carbons (Fsp3) is 0.231. The van der Waals surface area contributed by atoms with Crippen molar-refractivity contribution in [3.8, 4) is 5.75 Å². The number of hydrogen-bond acceptors (Lipinski definition) is 2. The Balaban J connectivity index is 2.01. The SMILES string of the molecule is FC(F)(F)Oc1ccc(C(Cl)Cc2cccs2)cc1. The number of thiophene rings is 1. The predicted molar refractivity (Wildman–Crippen MR) is 69.7 cm³/mol. The van der Waals surface area contributed by atoms with Gasteiger partial charge in [-0.3, -0.25) is 0 Å². The lowest BCUT2D eigenvalue weighted by molar-refractivity contribution is -0.274. The first-order valence-corrected chi connectivity index (χ1v) is 6.78. The molecule has 102 valence electrons. The van der Waals surface area contributed by atoms with Gasteiger partial charge in [0.1, 0.15) is 5.75 Å². The molecule has 1 unspecified atom stereocenters. The van der Waals surface area contributed by atoms with Crippen LogP contribution < -0.4 is 4.74 Å². The summed E-state index contributed by atoms with van der Waals surface area (Å²) < 4.78 is 39.8. The molecule has 19 heavy (non-hydrogen) atoms. The molecule has 0 aliphatic heterocycles. The van der Waals surface area contributed by atoms with Gasteiger partial charge in [-0.2, -0.15) is 0 Å². The lowest BCUT2D eigenvalue weighted by Crippen LogP contribution is -2.17. The molecule has 0 aliphatic rings. The lowest BCUT2D eigenvalue weighted by Gasteiger charge is -2.11. The first kappa shape index (κ1) is 14.2. The van der Waals surface area contributed by atoms with Crippen molar-refractivity contribution < 1.29 is 17.9 Å². The molecule has 0 aliphatic carbocycles. The summed E-state index contributed by atoms with van der Waals surface area (Å²) in [6, 6.07) is 9.54. The van der Waals surface area contributed by atoms with Crippen LogP contribution in [0.4, 0.5) is 13.2 Å². The van der Waals surface area contributed by atoms with E-state index in [4.69, 9.17) is 11.6 Å². The average molecular weight is 307 g/mol. The maximum absolute atomic E-state index is 12.0. The van der Waals surface area contributed by atoms with E-state index in [-0.39, 0.29) is 11.1 Å². The van der Waals surface area contributed by atoms with Crippen molar-refractivity contribution in [2.24, 2.45) is 0 Å². The molecule has 0 saturated carbocycles. The highest BCUT2D eigenvalue weighted by Gasteiger charge is 2.31. The van der Waals surface area contributed by atoms with Gasteiger partial charge >= 0.3 is 6.36 Å². The van der Waals surface area contributed by atoms with Gasteiger partial charge in [-0.05, 0) is 29.1 Å². The second-order valence-electron chi connectivity index (χ2n) is 3.87. The van der Waals surface area contributed by atoms with Crippen molar-refractivity contribution in [1.82, 2.24) is 0 Å². The standard InChI is InChI=1S/C13H10ClF3OS/c14-12(8-11-2-1-7-19-11)9-3-5-10(6-4-9)18-13(15,16)17/h1-7,12H,8H2. The Hall–Kier alpha value is -1.20. The molecule has 6 heteroatoms. The molecule has 0 amide bonds. The fourth-order valence-corrected chi connectivity index (χ4v) is 2.76. The summed E-state index contributed by atoms with van der Waals surface area (Å²) in [6.07, 6.45) is -4.02. The highest BCUT2D eigenvalue weighted by atomic mass is 35.5. The Kier molecular flexibility index (Phi) is 4.37. The summed E-state index contributed by atoms with van der Waals surface area (Å²) in [6.45, 7) is 0. The van der Waals surface area contributed by atoms with Crippen LogP contribution >= 0.6 is 22.9 Å². The first-order valence-electron chi connectivity index (χ1n) is 5.46. The molecule has 1 aromatic carbocycles. The van der Waals surface area contributed by atoms with Crippen LogP contribution in [-0.2, 0) is 6.42 Å². The molecule has 0 N–H and O–H groups in total. The molecule has 1 atom stereocenters. The molecule has 0 bridgehead atoms. The minimum Gasteiger partial charge on any atom is -0.406 e. The van der Waals surface area contributed by atoms with Gasteiger partial charge < -0.3 is 4.74 Å². The molecule has 0 fully saturated rings. The van der Waals surface area contributed by atoms with Crippen molar-refractivity contribution in [2.75, 3.05) is 0 Å². The Morgan fingerprint density at radius 3 is 2.37 bits per heavy atom. The molecule has 0 saturated heterocycles. The third-order valence-electron chi connectivity index (χ3n) is 2.44. The van der Waals surface area contributed by atoms with Crippen molar-refractivity contribution in [1.29, 1.82) is 0 Å². The van der Waals surface area contributed by atoms with Crippen LogP contribution in [0.3, 0.4) is 0 Å². The number of alkyl halides is 4. The van der Waals surface area contributed by atoms with Crippen LogP contribution in [-0.4, -0.2) is 6.36 Å². The molecule has 1 heterocycles. The Bertz CT molecular complexity index is 508. The van der Waals surface area contributed by atoms with E-state index in [1.165, 1.54) is 12.1 Å². The molecule has 0 radical (unpaired) electrons. The highest BCUT2D eigenvalue weighted by molar-refractivity contribution is 7.09. The van der Waals surface area contributed by atoms with E-state index in [1.54, 1.807) is 23.5 Å². The Morgan fingerprint density at radius 1 is 1.16 bits per heavy atom. The van der Waals surface area contributed by atoms with E-state index in [1.807, 2.05) is 17.5 Å². The van der Waals surface area contributed by atoms with Crippen molar-refractivity contribution in [3.63, 3.8) is 0 Å². The topological polar surface area (TPSA) is 9.23 Å². The van der Waals surface area contributed by atoms with Crippen molar-refractivity contribution in [2.45, 2.75) is 18.2 Å². The van der Waals surface area contributed by atoms with Gasteiger partial charge in [0.2, 0.25) is 0 Å².